The molecule has 7 heteroatoms. The minimum Gasteiger partial charge on any atom is -0.402 e. The number of aromatic nitrogens is 3. The van der Waals surface area contributed by atoms with Crippen molar-refractivity contribution in [3.63, 3.8) is 0 Å². The first-order valence-corrected chi connectivity index (χ1v) is 10.6. The summed E-state index contributed by atoms with van der Waals surface area (Å²) < 4.78 is 1.72. The Balaban J connectivity index is 1.57. The molecule has 3 fully saturated rings. The molecule has 7 nitrogen and oxygen atoms in total. The van der Waals surface area contributed by atoms with E-state index in [4.69, 9.17) is 16.2 Å². The molecule has 0 amide bonds. The molecular weight excluding hydrogens is 364 g/mol. The van der Waals surface area contributed by atoms with Crippen LogP contribution in [0.1, 0.15) is 71.4 Å². The van der Waals surface area contributed by atoms with Gasteiger partial charge in [0.15, 0.2) is 5.65 Å². The second kappa shape index (κ2) is 6.83. The molecule has 3 saturated carbocycles. The lowest BCUT2D eigenvalue weighted by atomic mass is 9.52. The molecule has 3 aliphatic rings. The Morgan fingerprint density at radius 1 is 1.28 bits per heavy atom. The maximum atomic E-state index is 10.7. The smallest absolute Gasteiger partial charge is 0.154 e. The summed E-state index contributed by atoms with van der Waals surface area (Å²) in [6, 6.07) is 3.90. The Morgan fingerprint density at radius 2 is 1.93 bits per heavy atom. The molecule has 0 unspecified atom stereocenters. The quantitative estimate of drug-likeness (QED) is 0.557. The van der Waals surface area contributed by atoms with Crippen molar-refractivity contribution in [2.75, 3.05) is 5.32 Å². The molecule has 5 N–H and O–H groups in total. The molecule has 2 heterocycles. The van der Waals surface area contributed by atoms with Crippen molar-refractivity contribution in [3.8, 4) is 0 Å². The highest BCUT2D eigenvalue weighted by atomic mass is 16.3. The Kier molecular flexibility index (Phi) is 4.69. The zero-order valence-corrected chi connectivity index (χ0v) is 17.6. The van der Waals surface area contributed by atoms with E-state index in [2.05, 4.69) is 10.3 Å². The molecule has 2 bridgehead atoms. The normalized spacial score (nSPS) is 27.4. The standard InChI is InChI=1S/C22H32N6O/c1-4-15(23)13-16(24)17-14-25-19-6-5-18(27-28(17)19)26-22-10-7-21(8-11-22,9-12-22)20(2,3)29/h5-6,13-14,24,29H,4,7-12,23H2,1-3H3,(H,26,27)/b15-13-,24-16?. The summed E-state index contributed by atoms with van der Waals surface area (Å²) in [5.41, 5.74) is 7.67. The van der Waals surface area contributed by atoms with Gasteiger partial charge in [0.05, 0.1) is 17.5 Å². The number of nitrogens with zero attached hydrogens (tertiary/aromatic N) is 3. The van der Waals surface area contributed by atoms with Gasteiger partial charge in [0.25, 0.3) is 0 Å². The predicted octanol–water partition coefficient (Wildman–Crippen LogP) is 3.63. The number of nitrogens with two attached hydrogens (primary N) is 1. The average Bonchev–Trinajstić information content (AvgIpc) is 3.11. The Morgan fingerprint density at radius 3 is 2.52 bits per heavy atom. The number of aliphatic hydroxyl groups is 1. The average molecular weight is 397 g/mol. The fraction of sp³-hybridized carbons (Fsp3) is 0.591. The topological polar surface area (TPSA) is 112 Å². The highest BCUT2D eigenvalue weighted by Crippen LogP contribution is 2.57. The molecule has 0 atom stereocenters. The van der Waals surface area contributed by atoms with Gasteiger partial charge in [-0.3, -0.25) is 5.41 Å². The van der Waals surface area contributed by atoms with Crippen molar-refractivity contribution in [2.24, 2.45) is 11.1 Å². The summed E-state index contributed by atoms with van der Waals surface area (Å²) in [4.78, 5) is 4.38. The fourth-order valence-electron chi connectivity index (χ4n) is 5.05. The third-order valence-corrected chi connectivity index (χ3v) is 7.31. The predicted molar refractivity (Wildman–Crippen MR) is 115 cm³/mol. The molecule has 5 rings (SSSR count). The lowest BCUT2D eigenvalue weighted by molar-refractivity contribution is -0.115. The number of imidazole rings is 1. The summed E-state index contributed by atoms with van der Waals surface area (Å²) in [6.07, 6.45) is 10.3. The molecule has 2 aromatic heterocycles. The SMILES string of the molecule is CC/C(N)=C/C(=N)c1cnc2ccc(NC34CCC(C(C)(C)O)(CC3)CC4)nn12. The zero-order valence-electron chi connectivity index (χ0n) is 17.6. The van der Waals surface area contributed by atoms with Crippen LogP contribution >= 0.6 is 0 Å². The molecule has 0 radical (unpaired) electrons. The molecule has 0 spiro atoms. The number of rotatable bonds is 6. The Hall–Kier alpha value is -2.41. The van der Waals surface area contributed by atoms with Gasteiger partial charge in [0.2, 0.25) is 0 Å². The van der Waals surface area contributed by atoms with Crippen LogP contribution in [0, 0.1) is 10.8 Å². The first-order valence-electron chi connectivity index (χ1n) is 10.6. The lowest BCUT2D eigenvalue weighted by Gasteiger charge is -2.58. The molecule has 0 saturated heterocycles. The van der Waals surface area contributed by atoms with E-state index in [-0.39, 0.29) is 11.0 Å². The van der Waals surface area contributed by atoms with Gasteiger partial charge in [-0.15, -0.1) is 5.10 Å². The maximum absolute atomic E-state index is 10.7. The molecule has 0 aliphatic heterocycles. The zero-order chi connectivity index (χ0) is 20.9. The maximum Gasteiger partial charge on any atom is 0.154 e. The van der Waals surface area contributed by atoms with Crippen LogP contribution in [0.25, 0.3) is 5.65 Å². The molecule has 29 heavy (non-hydrogen) atoms. The number of fused-ring (bicyclic) bond motifs is 4. The van der Waals surface area contributed by atoms with E-state index < -0.39 is 5.60 Å². The van der Waals surface area contributed by atoms with Crippen molar-refractivity contribution < 1.29 is 5.11 Å². The van der Waals surface area contributed by atoms with Crippen molar-refractivity contribution in [3.05, 3.63) is 35.8 Å². The van der Waals surface area contributed by atoms with E-state index in [9.17, 15) is 5.11 Å². The van der Waals surface area contributed by atoms with Crippen LogP contribution in [0.2, 0.25) is 0 Å². The highest BCUT2D eigenvalue weighted by Gasteiger charge is 2.54. The van der Waals surface area contributed by atoms with Crippen LogP contribution < -0.4 is 11.1 Å². The van der Waals surface area contributed by atoms with E-state index in [0.29, 0.717) is 29.2 Å². The van der Waals surface area contributed by atoms with Crippen LogP contribution in [0.3, 0.4) is 0 Å². The van der Waals surface area contributed by atoms with Gasteiger partial charge in [0.1, 0.15) is 11.5 Å². The number of nitrogens with one attached hydrogen (secondary N) is 2. The van der Waals surface area contributed by atoms with Crippen LogP contribution in [0.5, 0.6) is 0 Å². The molecule has 0 aromatic carbocycles. The number of hydrogen-bond donors (Lipinski definition) is 4. The van der Waals surface area contributed by atoms with Gasteiger partial charge in [-0.2, -0.15) is 0 Å². The number of hydrogen-bond acceptors (Lipinski definition) is 6. The minimum atomic E-state index is -0.628. The summed E-state index contributed by atoms with van der Waals surface area (Å²) >= 11 is 0. The molecular formula is C22H32N6O. The van der Waals surface area contributed by atoms with Crippen LogP contribution in [0.4, 0.5) is 5.82 Å². The van der Waals surface area contributed by atoms with Gasteiger partial charge in [-0.05, 0) is 82.4 Å². The first-order chi connectivity index (χ1) is 13.7. The third-order valence-electron chi connectivity index (χ3n) is 7.31. The van der Waals surface area contributed by atoms with E-state index in [1.807, 2.05) is 32.9 Å². The Bertz CT molecular complexity index is 943. The molecule has 156 valence electrons. The summed E-state index contributed by atoms with van der Waals surface area (Å²) in [7, 11) is 0. The van der Waals surface area contributed by atoms with Gasteiger partial charge in [0, 0.05) is 11.2 Å². The summed E-state index contributed by atoms with van der Waals surface area (Å²) in [5.74, 6) is 0.801. The van der Waals surface area contributed by atoms with Gasteiger partial charge in [-0.25, -0.2) is 9.50 Å². The second-order valence-corrected chi connectivity index (χ2v) is 9.36. The summed E-state index contributed by atoms with van der Waals surface area (Å²) in [6.45, 7) is 5.89. The van der Waals surface area contributed by atoms with E-state index in [1.165, 1.54) is 0 Å². The first kappa shape index (κ1) is 19.9. The van der Waals surface area contributed by atoms with Crippen molar-refractivity contribution >= 4 is 17.2 Å². The molecule has 2 aromatic rings. The fourth-order valence-corrected chi connectivity index (χ4v) is 5.05. The van der Waals surface area contributed by atoms with Crippen molar-refractivity contribution in [2.45, 2.75) is 76.9 Å². The number of allylic oxidation sites excluding steroid dienone is 2. The van der Waals surface area contributed by atoms with Gasteiger partial charge >= 0.3 is 0 Å². The summed E-state index contributed by atoms with van der Waals surface area (Å²) in [5, 5.41) is 27.5. The van der Waals surface area contributed by atoms with Crippen molar-refractivity contribution in [1.29, 1.82) is 5.41 Å². The lowest BCUT2D eigenvalue weighted by Crippen LogP contribution is -2.57. The van der Waals surface area contributed by atoms with E-state index >= 15 is 0 Å². The third kappa shape index (κ3) is 3.41. The Labute approximate surface area is 171 Å². The van der Waals surface area contributed by atoms with Crippen LogP contribution in [-0.2, 0) is 0 Å². The second-order valence-electron chi connectivity index (χ2n) is 9.36. The highest BCUT2D eigenvalue weighted by molar-refractivity contribution is 6.05. The monoisotopic (exact) mass is 396 g/mol. The van der Waals surface area contributed by atoms with Crippen molar-refractivity contribution in [1.82, 2.24) is 14.6 Å². The van der Waals surface area contributed by atoms with Gasteiger partial charge < -0.3 is 16.2 Å². The minimum absolute atomic E-state index is 0.0362. The van der Waals surface area contributed by atoms with Crippen LogP contribution in [0.15, 0.2) is 30.1 Å². The number of anilines is 1. The van der Waals surface area contributed by atoms with Crippen LogP contribution in [-0.4, -0.2) is 36.6 Å². The largest absolute Gasteiger partial charge is 0.402 e. The van der Waals surface area contributed by atoms with E-state index in [1.54, 1.807) is 16.8 Å². The van der Waals surface area contributed by atoms with E-state index in [0.717, 1.165) is 44.3 Å². The van der Waals surface area contributed by atoms with Gasteiger partial charge in [-0.1, -0.05) is 6.92 Å². The molecule has 3 aliphatic carbocycles.